The van der Waals surface area contributed by atoms with Crippen molar-refractivity contribution in [1.82, 2.24) is 9.80 Å². The summed E-state index contributed by atoms with van der Waals surface area (Å²) in [6.07, 6.45) is 7.08. The molecule has 3 fully saturated rings. The van der Waals surface area contributed by atoms with Crippen LogP contribution in [0.3, 0.4) is 0 Å². The van der Waals surface area contributed by atoms with Crippen molar-refractivity contribution in [1.29, 1.82) is 0 Å². The molecule has 90 valence electrons. The molecule has 3 nitrogen and oxygen atoms in total. The number of carbonyl (C=O) groups excluding carboxylic acids is 1. The normalized spacial score (nSPS) is 37.6. The van der Waals surface area contributed by atoms with Crippen molar-refractivity contribution in [3.05, 3.63) is 0 Å². The number of ketones is 1. The fraction of sp³-hybridized carbons (Fsp3) is 0.923. The molecule has 0 aromatic heterocycles. The molecule has 3 aliphatic rings. The molecule has 0 spiro atoms. The van der Waals surface area contributed by atoms with Gasteiger partial charge in [0.1, 0.15) is 5.78 Å². The summed E-state index contributed by atoms with van der Waals surface area (Å²) in [5.74, 6) is 0.467. The largest absolute Gasteiger partial charge is 0.300 e. The molecule has 3 aliphatic heterocycles. The first-order valence-corrected chi connectivity index (χ1v) is 6.83. The van der Waals surface area contributed by atoms with Crippen molar-refractivity contribution >= 4 is 5.78 Å². The maximum Gasteiger partial charge on any atom is 0.135 e. The number of likely N-dealkylation sites (tertiary alicyclic amines) is 1. The third-order valence-electron chi connectivity index (χ3n) is 4.66. The molecule has 0 saturated carbocycles. The van der Waals surface area contributed by atoms with Crippen molar-refractivity contribution in [2.24, 2.45) is 0 Å². The predicted octanol–water partition coefficient (Wildman–Crippen LogP) is 1.28. The van der Waals surface area contributed by atoms with Gasteiger partial charge in [-0.2, -0.15) is 0 Å². The summed E-state index contributed by atoms with van der Waals surface area (Å²) in [5.41, 5.74) is 0. The van der Waals surface area contributed by atoms with Crippen LogP contribution in [-0.4, -0.2) is 53.8 Å². The highest BCUT2D eigenvalue weighted by Gasteiger charge is 2.34. The fourth-order valence-corrected chi connectivity index (χ4v) is 3.67. The Labute approximate surface area is 97.8 Å². The molecule has 0 amide bonds. The molecule has 3 heteroatoms. The van der Waals surface area contributed by atoms with Gasteiger partial charge in [0.2, 0.25) is 0 Å². The fourth-order valence-electron chi connectivity index (χ4n) is 3.67. The van der Waals surface area contributed by atoms with Gasteiger partial charge in [-0.1, -0.05) is 0 Å². The Hall–Kier alpha value is -0.410. The van der Waals surface area contributed by atoms with Crippen LogP contribution in [0.1, 0.15) is 38.5 Å². The maximum atomic E-state index is 11.2. The first-order chi connectivity index (χ1) is 7.83. The van der Waals surface area contributed by atoms with Gasteiger partial charge in [0.25, 0.3) is 0 Å². The lowest BCUT2D eigenvalue weighted by atomic mass is 9.94. The highest BCUT2D eigenvalue weighted by atomic mass is 16.1. The van der Waals surface area contributed by atoms with Crippen LogP contribution in [0.2, 0.25) is 0 Å². The zero-order valence-electron chi connectivity index (χ0n) is 10.0. The van der Waals surface area contributed by atoms with E-state index in [1.54, 1.807) is 0 Å². The van der Waals surface area contributed by atoms with Crippen LogP contribution >= 0.6 is 0 Å². The van der Waals surface area contributed by atoms with Crippen molar-refractivity contribution in [3.8, 4) is 0 Å². The summed E-state index contributed by atoms with van der Waals surface area (Å²) in [6.45, 7) is 4.67. The average molecular weight is 222 g/mol. The van der Waals surface area contributed by atoms with Crippen LogP contribution in [0.5, 0.6) is 0 Å². The highest BCUT2D eigenvalue weighted by Crippen LogP contribution is 2.30. The van der Waals surface area contributed by atoms with Gasteiger partial charge >= 0.3 is 0 Å². The summed E-state index contributed by atoms with van der Waals surface area (Å²) < 4.78 is 0. The summed E-state index contributed by atoms with van der Waals surface area (Å²) in [6, 6.07) is 1.63. The molecule has 0 aromatic rings. The minimum atomic E-state index is 0.467. The van der Waals surface area contributed by atoms with E-state index in [-0.39, 0.29) is 0 Å². The van der Waals surface area contributed by atoms with Gasteiger partial charge in [-0.15, -0.1) is 0 Å². The quantitative estimate of drug-likeness (QED) is 0.667. The van der Waals surface area contributed by atoms with Crippen LogP contribution in [0.15, 0.2) is 0 Å². The lowest BCUT2D eigenvalue weighted by Crippen LogP contribution is -2.49. The second-order valence-electron chi connectivity index (χ2n) is 5.58. The van der Waals surface area contributed by atoms with Crippen LogP contribution in [-0.2, 0) is 4.79 Å². The van der Waals surface area contributed by atoms with E-state index in [1.807, 2.05) is 0 Å². The zero-order chi connectivity index (χ0) is 11.0. The molecule has 3 rings (SSSR count). The first-order valence-electron chi connectivity index (χ1n) is 6.83. The third-order valence-corrected chi connectivity index (χ3v) is 4.66. The summed E-state index contributed by atoms with van der Waals surface area (Å²) >= 11 is 0. The van der Waals surface area contributed by atoms with Gasteiger partial charge in [-0.05, 0) is 38.8 Å². The number of hydrogen-bond donors (Lipinski definition) is 0. The third kappa shape index (κ3) is 2.03. The summed E-state index contributed by atoms with van der Waals surface area (Å²) in [7, 11) is 0. The molecule has 0 bridgehead atoms. The van der Waals surface area contributed by atoms with E-state index in [1.165, 1.54) is 38.8 Å². The van der Waals surface area contributed by atoms with E-state index >= 15 is 0 Å². The Morgan fingerprint density at radius 2 is 1.56 bits per heavy atom. The topological polar surface area (TPSA) is 23.6 Å². The minimum Gasteiger partial charge on any atom is -0.300 e. The van der Waals surface area contributed by atoms with E-state index in [9.17, 15) is 4.79 Å². The molecule has 2 unspecified atom stereocenters. The van der Waals surface area contributed by atoms with E-state index in [2.05, 4.69) is 9.80 Å². The predicted molar refractivity (Wildman–Crippen MR) is 63.4 cm³/mol. The summed E-state index contributed by atoms with van der Waals surface area (Å²) in [4.78, 5) is 16.5. The Kier molecular flexibility index (Phi) is 2.99. The molecule has 0 aliphatic carbocycles. The van der Waals surface area contributed by atoms with Crippen LogP contribution in [0, 0.1) is 0 Å². The van der Waals surface area contributed by atoms with Crippen molar-refractivity contribution < 1.29 is 4.79 Å². The minimum absolute atomic E-state index is 0.467. The monoisotopic (exact) mass is 222 g/mol. The van der Waals surface area contributed by atoms with Crippen LogP contribution < -0.4 is 0 Å². The van der Waals surface area contributed by atoms with Gasteiger partial charge in [-0.25, -0.2) is 0 Å². The van der Waals surface area contributed by atoms with Crippen LogP contribution in [0.25, 0.3) is 0 Å². The van der Waals surface area contributed by atoms with Gasteiger partial charge in [-0.3, -0.25) is 9.69 Å². The Bertz CT molecular complexity index is 269. The van der Waals surface area contributed by atoms with Crippen molar-refractivity contribution in [2.45, 2.75) is 50.6 Å². The zero-order valence-corrected chi connectivity index (χ0v) is 10.0. The van der Waals surface area contributed by atoms with Crippen LogP contribution in [0.4, 0.5) is 0 Å². The molecule has 0 N–H and O–H groups in total. The second kappa shape index (κ2) is 4.46. The second-order valence-corrected chi connectivity index (χ2v) is 5.58. The first kappa shape index (κ1) is 10.7. The SMILES string of the molecule is O=C1CCN(C2CCN3CCCC3C2)CC1. The lowest BCUT2D eigenvalue weighted by molar-refractivity contribution is -0.122. The average Bonchev–Trinajstić information content (AvgIpc) is 2.77. The number of Topliss-reactive ketones (excluding diaryl/α,β-unsaturated/α-hetero) is 1. The van der Waals surface area contributed by atoms with E-state index in [4.69, 9.17) is 0 Å². The molecule has 0 radical (unpaired) electrons. The maximum absolute atomic E-state index is 11.2. The van der Waals surface area contributed by atoms with Gasteiger partial charge in [0.05, 0.1) is 0 Å². The molecular weight excluding hydrogens is 200 g/mol. The number of hydrogen-bond acceptors (Lipinski definition) is 3. The number of nitrogens with zero attached hydrogens (tertiary/aromatic N) is 2. The van der Waals surface area contributed by atoms with Crippen molar-refractivity contribution in [3.63, 3.8) is 0 Å². The standard InChI is InChI=1S/C13H22N2O/c16-13-4-8-15(9-5-13)12-3-7-14-6-1-2-11(14)10-12/h11-12H,1-10H2. The molecule has 16 heavy (non-hydrogen) atoms. The van der Waals surface area contributed by atoms with Gasteiger partial charge < -0.3 is 4.90 Å². The smallest absolute Gasteiger partial charge is 0.135 e. The molecule has 3 saturated heterocycles. The number of carbonyl (C=O) groups is 1. The molecule has 0 aromatic carbocycles. The highest BCUT2D eigenvalue weighted by molar-refractivity contribution is 5.79. The van der Waals surface area contributed by atoms with Gasteiger partial charge in [0, 0.05) is 38.0 Å². The Morgan fingerprint density at radius 1 is 0.875 bits per heavy atom. The number of piperidine rings is 2. The Morgan fingerprint density at radius 3 is 2.38 bits per heavy atom. The molecular formula is C13H22N2O. The molecule has 3 heterocycles. The van der Waals surface area contributed by atoms with E-state index in [0.29, 0.717) is 5.78 Å². The Balaban J connectivity index is 1.57. The van der Waals surface area contributed by atoms with E-state index in [0.717, 1.165) is 38.0 Å². The van der Waals surface area contributed by atoms with Crippen molar-refractivity contribution in [2.75, 3.05) is 26.2 Å². The molecule has 2 atom stereocenters. The summed E-state index contributed by atoms with van der Waals surface area (Å²) in [5, 5.41) is 0. The van der Waals surface area contributed by atoms with E-state index < -0.39 is 0 Å². The number of fused-ring (bicyclic) bond motifs is 1. The lowest BCUT2D eigenvalue weighted by Gasteiger charge is -2.41. The number of rotatable bonds is 1. The van der Waals surface area contributed by atoms with Gasteiger partial charge in [0.15, 0.2) is 0 Å².